The Morgan fingerprint density at radius 2 is 1.88 bits per heavy atom. The van der Waals surface area contributed by atoms with Crippen LogP contribution in [0.3, 0.4) is 0 Å². The average Bonchev–Trinajstić information content (AvgIpc) is 2.62. The van der Waals surface area contributed by atoms with Crippen molar-refractivity contribution in [2.45, 2.75) is 26.3 Å². The SMILES string of the molecule is CCCN(CCC(=O)Nc1ccccc1Cl)Cc1ccc(C#N)cc1. The molecule has 0 radical (unpaired) electrons. The van der Waals surface area contributed by atoms with Crippen molar-refractivity contribution in [2.24, 2.45) is 0 Å². The van der Waals surface area contributed by atoms with Crippen LogP contribution in [0, 0.1) is 11.3 Å². The molecule has 1 N–H and O–H groups in total. The highest BCUT2D eigenvalue weighted by molar-refractivity contribution is 6.33. The van der Waals surface area contributed by atoms with Crippen molar-refractivity contribution >= 4 is 23.2 Å². The minimum atomic E-state index is -0.0472. The number of benzene rings is 2. The second kappa shape index (κ2) is 9.83. The Hall–Kier alpha value is -2.35. The number of nitrogens with one attached hydrogen (secondary N) is 1. The molecule has 4 nitrogen and oxygen atoms in total. The number of nitriles is 1. The molecule has 0 aromatic heterocycles. The van der Waals surface area contributed by atoms with Gasteiger partial charge in [0.2, 0.25) is 5.91 Å². The van der Waals surface area contributed by atoms with E-state index in [2.05, 4.69) is 23.2 Å². The van der Waals surface area contributed by atoms with E-state index in [0.717, 1.165) is 25.1 Å². The highest BCUT2D eigenvalue weighted by atomic mass is 35.5. The first-order chi connectivity index (χ1) is 12.1. The van der Waals surface area contributed by atoms with Gasteiger partial charge in [-0.1, -0.05) is 42.8 Å². The van der Waals surface area contributed by atoms with Crippen molar-refractivity contribution in [3.05, 3.63) is 64.7 Å². The lowest BCUT2D eigenvalue weighted by molar-refractivity contribution is -0.116. The number of halogens is 1. The van der Waals surface area contributed by atoms with E-state index in [1.54, 1.807) is 12.1 Å². The van der Waals surface area contributed by atoms with Crippen LogP contribution in [0.1, 0.15) is 30.9 Å². The molecule has 0 aliphatic carbocycles. The quantitative estimate of drug-likeness (QED) is 0.760. The van der Waals surface area contributed by atoms with E-state index in [0.29, 0.717) is 29.2 Å². The smallest absolute Gasteiger partial charge is 0.225 e. The van der Waals surface area contributed by atoms with Gasteiger partial charge in [0.15, 0.2) is 0 Å². The summed E-state index contributed by atoms with van der Waals surface area (Å²) >= 11 is 6.06. The van der Waals surface area contributed by atoms with Gasteiger partial charge in [-0.2, -0.15) is 5.26 Å². The van der Waals surface area contributed by atoms with Gasteiger partial charge < -0.3 is 5.32 Å². The van der Waals surface area contributed by atoms with Gasteiger partial charge in [-0.25, -0.2) is 0 Å². The average molecular weight is 356 g/mol. The minimum absolute atomic E-state index is 0.0472. The highest BCUT2D eigenvalue weighted by Crippen LogP contribution is 2.20. The van der Waals surface area contributed by atoms with Crippen LogP contribution in [-0.4, -0.2) is 23.9 Å². The van der Waals surface area contributed by atoms with Crippen molar-refractivity contribution in [3.63, 3.8) is 0 Å². The molecule has 0 fully saturated rings. The van der Waals surface area contributed by atoms with E-state index in [1.807, 2.05) is 36.4 Å². The molecule has 2 rings (SSSR count). The molecule has 0 unspecified atom stereocenters. The first kappa shape index (κ1) is 19.0. The van der Waals surface area contributed by atoms with Gasteiger partial charge in [-0.15, -0.1) is 0 Å². The molecular formula is C20H22ClN3O. The number of carbonyl (C=O) groups excluding carboxylic acids is 1. The third kappa shape index (κ3) is 6.22. The Morgan fingerprint density at radius 1 is 1.16 bits per heavy atom. The Morgan fingerprint density at radius 3 is 2.52 bits per heavy atom. The van der Waals surface area contributed by atoms with Gasteiger partial charge in [-0.3, -0.25) is 9.69 Å². The molecule has 0 spiro atoms. The van der Waals surface area contributed by atoms with Crippen molar-refractivity contribution in [2.75, 3.05) is 18.4 Å². The van der Waals surface area contributed by atoms with E-state index >= 15 is 0 Å². The number of nitrogens with zero attached hydrogens (tertiary/aromatic N) is 2. The Labute approximate surface area is 154 Å². The largest absolute Gasteiger partial charge is 0.325 e. The van der Waals surface area contributed by atoms with Crippen LogP contribution in [0.15, 0.2) is 48.5 Å². The Bertz CT molecular complexity index is 737. The van der Waals surface area contributed by atoms with Crippen LogP contribution in [0.5, 0.6) is 0 Å². The molecule has 0 saturated heterocycles. The molecule has 0 aliphatic heterocycles. The number of hydrogen-bond donors (Lipinski definition) is 1. The molecule has 0 aliphatic rings. The summed E-state index contributed by atoms with van der Waals surface area (Å²) in [6.45, 7) is 4.47. The van der Waals surface area contributed by atoms with Crippen LogP contribution in [0.2, 0.25) is 5.02 Å². The maximum Gasteiger partial charge on any atom is 0.225 e. The number of rotatable bonds is 8. The van der Waals surface area contributed by atoms with E-state index in [4.69, 9.17) is 16.9 Å². The first-order valence-electron chi connectivity index (χ1n) is 8.38. The molecule has 0 atom stereocenters. The van der Waals surface area contributed by atoms with E-state index in [1.165, 1.54) is 0 Å². The van der Waals surface area contributed by atoms with Gasteiger partial charge in [0.25, 0.3) is 0 Å². The number of hydrogen-bond acceptors (Lipinski definition) is 3. The van der Waals surface area contributed by atoms with Crippen LogP contribution in [0.4, 0.5) is 5.69 Å². The molecule has 2 aromatic rings. The molecular weight excluding hydrogens is 334 g/mol. The second-order valence-electron chi connectivity index (χ2n) is 5.86. The van der Waals surface area contributed by atoms with Crippen molar-refractivity contribution in [1.29, 1.82) is 5.26 Å². The first-order valence-corrected chi connectivity index (χ1v) is 8.76. The lowest BCUT2D eigenvalue weighted by Gasteiger charge is -2.21. The fourth-order valence-electron chi connectivity index (χ4n) is 2.56. The Balaban J connectivity index is 1.89. The zero-order valence-corrected chi connectivity index (χ0v) is 15.1. The zero-order chi connectivity index (χ0) is 18.1. The summed E-state index contributed by atoms with van der Waals surface area (Å²) in [5.41, 5.74) is 2.44. The topological polar surface area (TPSA) is 56.1 Å². The van der Waals surface area contributed by atoms with Crippen molar-refractivity contribution in [3.8, 4) is 6.07 Å². The number of anilines is 1. The van der Waals surface area contributed by atoms with Crippen LogP contribution in [0.25, 0.3) is 0 Å². The predicted molar refractivity (Wildman–Crippen MR) is 101 cm³/mol. The highest BCUT2D eigenvalue weighted by Gasteiger charge is 2.10. The lowest BCUT2D eigenvalue weighted by atomic mass is 10.1. The van der Waals surface area contributed by atoms with Gasteiger partial charge in [0.05, 0.1) is 22.3 Å². The van der Waals surface area contributed by atoms with Crippen LogP contribution < -0.4 is 5.32 Å². The fraction of sp³-hybridized carbons (Fsp3) is 0.300. The predicted octanol–water partition coefficient (Wildman–Crippen LogP) is 4.45. The summed E-state index contributed by atoms with van der Waals surface area (Å²) in [7, 11) is 0. The number of amides is 1. The molecule has 130 valence electrons. The van der Waals surface area contributed by atoms with Crippen LogP contribution in [-0.2, 0) is 11.3 Å². The molecule has 25 heavy (non-hydrogen) atoms. The van der Waals surface area contributed by atoms with E-state index < -0.39 is 0 Å². The van der Waals surface area contributed by atoms with Crippen molar-refractivity contribution in [1.82, 2.24) is 4.90 Å². The number of carbonyl (C=O) groups is 1. The summed E-state index contributed by atoms with van der Waals surface area (Å²) in [4.78, 5) is 14.4. The summed E-state index contributed by atoms with van der Waals surface area (Å²) in [5, 5.41) is 12.3. The molecule has 2 aromatic carbocycles. The second-order valence-corrected chi connectivity index (χ2v) is 6.27. The maximum atomic E-state index is 12.2. The van der Waals surface area contributed by atoms with E-state index in [-0.39, 0.29) is 5.91 Å². The zero-order valence-electron chi connectivity index (χ0n) is 14.3. The number of para-hydroxylation sites is 1. The summed E-state index contributed by atoms with van der Waals surface area (Å²) < 4.78 is 0. The van der Waals surface area contributed by atoms with Gasteiger partial charge >= 0.3 is 0 Å². The standard InChI is InChI=1S/C20H22ClN3O/c1-2-12-24(15-17-9-7-16(14-22)8-10-17)13-11-20(25)23-19-6-4-3-5-18(19)21/h3-10H,2,11-13,15H2,1H3,(H,23,25). The third-order valence-electron chi connectivity index (χ3n) is 3.83. The molecule has 0 bridgehead atoms. The molecule has 1 amide bonds. The van der Waals surface area contributed by atoms with Gasteiger partial charge in [0, 0.05) is 19.5 Å². The van der Waals surface area contributed by atoms with Gasteiger partial charge in [-0.05, 0) is 42.8 Å². The minimum Gasteiger partial charge on any atom is -0.325 e. The summed E-state index contributed by atoms with van der Waals surface area (Å²) in [6, 6.07) is 16.9. The van der Waals surface area contributed by atoms with E-state index in [9.17, 15) is 4.79 Å². The summed E-state index contributed by atoms with van der Waals surface area (Å²) in [5.74, 6) is -0.0472. The molecule has 0 heterocycles. The maximum absolute atomic E-state index is 12.2. The molecule has 5 heteroatoms. The fourth-order valence-corrected chi connectivity index (χ4v) is 2.75. The lowest BCUT2D eigenvalue weighted by Crippen LogP contribution is -2.28. The third-order valence-corrected chi connectivity index (χ3v) is 4.16. The normalized spacial score (nSPS) is 10.5. The van der Waals surface area contributed by atoms with Crippen molar-refractivity contribution < 1.29 is 4.79 Å². The summed E-state index contributed by atoms with van der Waals surface area (Å²) in [6.07, 6.45) is 1.42. The Kier molecular flexibility index (Phi) is 7.46. The van der Waals surface area contributed by atoms with Gasteiger partial charge in [0.1, 0.15) is 0 Å². The molecule has 0 saturated carbocycles. The van der Waals surface area contributed by atoms with Crippen LogP contribution >= 0.6 is 11.6 Å². The monoisotopic (exact) mass is 355 g/mol.